The van der Waals surface area contributed by atoms with E-state index in [2.05, 4.69) is 0 Å². The molecule has 1 aromatic carbocycles. The van der Waals surface area contributed by atoms with Gasteiger partial charge >= 0.3 is 0 Å². The zero-order chi connectivity index (χ0) is 10.1. The van der Waals surface area contributed by atoms with Crippen LogP contribution in [0.3, 0.4) is 0 Å². The molecular weight excluding hydrogens is 181 g/mol. The summed E-state index contributed by atoms with van der Waals surface area (Å²) in [4.78, 5) is 11.4. The Balaban J connectivity index is 2.39. The number of carbonyl (C=O) groups excluding carboxylic acids is 1. The summed E-state index contributed by atoms with van der Waals surface area (Å²) in [5, 5.41) is 0. The number of carbonyl (C=O) groups is 1. The number of benzene rings is 1. The van der Waals surface area contributed by atoms with Gasteiger partial charge in [-0.2, -0.15) is 0 Å². The van der Waals surface area contributed by atoms with Gasteiger partial charge in [0.1, 0.15) is 11.6 Å². The summed E-state index contributed by atoms with van der Waals surface area (Å²) in [6.45, 7) is 0. The van der Waals surface area contributed by atoms with Gasteiger partial charge in [0, 0.05) is 23.6 Å². The number of nitrogen functional groups attached to an aromatic ring is 1. The van der Waals surface area contributed by atoms with E-state index < -0.39 is 0 Å². The Labute approximate surface area is 81.9 Å². The maximum atomic E-state index is 13.4. The number of anilines is 1. The average Bonchev–Trinajstić information content (AvgIpc) is 2.56. The van der Waals surface area contributed by atoms with Crippen molar-refractivity contribution in [2.24, 2.45) is 0 Å². The van der Waals surface area contributed by atoms with Crippen molar-refractivity contribution < 1.29 is 9.18 Å². The van der Waals surface area contributed by atoms with Gasteiger partial charge in [-0.05, 0) is 31.0 Å². The molecule has 1 fully saturated rings. The molecule has 14 heavy (non-hydrogen) atoms. The van der Waals surface area contributed by atoms with Gasteiger partial charge in [0.15, 0.2) is 0 Å². The van der Waals surface area contributed by atoms with Crippen LogP contribution < -0.4 is 5.73 Å². The van der Waals surface area contributed by atoms with Crippen molar-refractivity contribution in [3.05, 3.63) is 29.6 Å². The van der Waals surface area contributed by atoms with E-state index in [0.29, 0.717) is 17.7 Å². The summed E-state index contributed by atoms with van der Waals surface area (Å²) in [7, 11) is 0. The normalized spacial score (nSPS) is 21.5. The summed E-state index contributed by atoms with van der Waals surface area (Å²) < 4.78 is 13.4. The van der Waals surface area contributed by atoms with Crippen LogP contribution in [0, 0.1) is 5.82 Å². The van der Waals surface area contributed by atoms with Crippen LogP contribution >= 0.6 is 0 Å². The summed E-state index contributed by atoms with van der Waals surface area (Å²) in [5.41, 5.74) is 6.54. The van der Waals surface area contributed by atoms with E-state index in [0.717, 1.165) is 12.8 Å². The van der Waals surface area contributed by atoms with E-state index >= 15 is 0 Å². The van der Waals surface area contributed by atoms with Crippen molar-refractivity contribution in [2.75, 3.05) is 5.73 Å². The van der Waals surface area contributed by atoms with Crippen LogP contribution in [-0.4, -0.2) is 5.78 Å². The zero-order valence-electron chi connectivity index (χ0n) is 7.79. The lowest BCUT2D eigenvalue weighted by Gasteiger charge is -2.09. The first-order chi connectivity index (χ1) is 6.68. The molecule has 1 aliphatic rings. The third-order valence-corrected chi connectivity index (χ3v) is 2.70. The van der Waals surface area contributed by atoms with Crippen LogP contribution in [0.5, 0.6) is 0 Å². The molecule has 3 heteroatoms. The number of halogens is 1. The van der Waals surface area contributed by atoms with Crippen LogP contribution in [0.4, 0.5) is 10.1 Å². The Kier molecular flexibility index (Phi) is 2.23. The fourth-order valence-electron chi connectivity index (χ4n) is 1.97. The Bertz CT molecular complexity index is 376. The zero-order valence-corrected chi connectivity index (χ0v) is 7.79. The topological polar surface area (TPSA) is 43.1 Å². The molecule has 1 unspecified atom stereocenters. The van der Waals surface area contributed by atoms with E-state index in [1.807, 2.05) is 0 Å². The quantitative estimate of drug-likeness (QED) is 0.695. The van der Waals surface area contributed by atoms with Crippen LogP contribution in [0.2, 0.25) is 0 Å². The van der Waals surface area contributed by atoms with Gasteiger partial charge in [-0.1, -0.05) is 0 Å². The van der Waals surface area contributed by atoms with E-state index in [4.69, 9.17) is 5.73 Å². The number of hydrogen-bond donors (Lipinski definition) is 1. The lowest BCUT2D eigenvalue weighted by Crippen LogP contribution is -2.07. The molecule has 1 aliphatic carbocycles. The van der Waals surface area contributed by atoms with Gasteiger partial charge in [0.2, 0.25) is 0 Å². The van der Waals surface area contributed by atoms with Crippen molar-refractivity contribution >= 4 is 11.5 Å². The van der Waals surface area contributed by atoms with Gasteiger partial charge < -0.3 is 5.73 Å². The smallest absolute Gasteiger partial charge is 0.140 e. The maximum Gasteiger partial charge on any atom is 0.140 e. The summed E-state index contributed by atoms with van der Waals surface area (Å²) in [5.74, 6) is -0.451. The van der Waals surface area contributed by atoms with E-state index in [1.165, 1.54) is 12.1 Å². The van der Waals surface area contributed by atoms with Gasteiger partial charge in [-0.25, -0.2) is 4.39 Å². The first-order valence-electron chi connectivity index (χ1n) is 4.76. The molecule has 0 amide bonds. The minimum atomic E-state index is -0.320. The Morgan fingerprint density at radius 1 is 1.43 bits per heavy atom. The SMILES string of the molecule is Nc1ccc(F)c(C2CCCC2=O)c1. The molecule has 0 spiro atoms. The number of hydrogen-bond acceptors (Lipinski definition) is 2. The summed E-state index contributed by atoms with van der Waals surface area (Å²) in [6.07, 6.45) is 2.18. The van der Waals surface area contributed by atoms with Gasteiger partial charge in [-0.15, -0.1) is 0 Å². The highest BCUT2D eigenvalue weighted by atomic mass is 19.1. The van der Waals surface area contributed by atoms with Crippen LogP contribution in [0.25, 0.3) is 0 Å². The number of Topliss-reactive ketones (excluding diaryl/α,β-unsaturated/α-hetero) is 1. The predicted octanol–water partition coefficient (Wildman–Crippen LogP) is 2.24. The molecule has 2 rings (SSSR count). The summed E-state index contributed by atoms with van der Waals surface area (Å²) >= 11 is 0. The molecule has 0 radical (unpaired) electrons. The standard InChI is InChI=1S/C11H12FNO/c12-10-5-4-7(13)6-9(10)8-2-1-3-11(8)14/h4-6,8H,1-3,13H2. The molecule has 1 atom stereocenters. The molecule has 1 aromatic rings. The highest BCUT2D eigenvalue weighted by Crippen LogP contribution is 2.33. The van der Waals surface area contributed by atoms with Crippen molar-refractivity contribution in [2.45, 2.75) is 25.2 Å². The fraction of sp³-hybridized carbons (Fsp3) is 0.364. The number of nitrogens with two attached hydrogens (primary N) is 1. The Morgan fingerprint density at radius 2 is 2.21 bits per heavy atom. The van der Waals surface area contributed by atoms with Gasteiger partial charge in [0.25, 0.3) is 0 Å². The second kappa shape index (κ2) is 3.40. The number of rotatable bonds is 1. The van der Waals surface area contributed by atoms with Crippen LogP contribution in [0.15, 0.2) is 18.2 Å². The highest BCUT2D eigenvalue weighted by molar-refractivity contribution is 5.87. The van der Waals surface area contributed by atoms with E-state index in [9.17, 15) is 9.18 Å². The third-order valence-electron chi connectivity index (χ3n) is 2.70. The molecule has 2 nitrogen and oxygen atoms in total. The Morgan fingerprint density at radius 3 is 2.86 bits per heavy atom. The lowest BCUT2D eigenvalue weighted by atomic mass is 9.96. The minimum absolute atomic E-state index is 0.134. The molecule has 0 aromatic heterocycles. The van der Waals surface area contributed by atoms with Crippen molar-refractivity contribution in [3.8, 4) is 0 Å². The van der Waals surface area contributed by atoms with E-state index in [-0.39, 0.29) is 17.5 Å². The molecule has 2 N–H and O–H groups in total. The largest absolute Gasteiger partial charge is 0.399 e. The molecule has 0 aliphatic heterocycles. The van der Waals surface area contributed by atoms with Crippen molar-refractivity contribution in [1.29, 1.82) is 0 Å². The molecule has 0 bridgehead atoms. The van der Waals surface area contributed by atoms with Gasteiger partial charge in [0.05, 0.1) is 0 Å². The van der Waals surface area contributed by atoms with Crippen molar-refractivity contribution in [1.82, 2.24) is 0 Å². The molecule has 0 heterocycles. The lowest BCUT2D eigenvalue weighted by molar-refractivity contribution is -0.118. The first kappa shape index (κ1) is 9.19. The first-order valence-corrected chi connectivity index (χ1v) is 4.76. The summed E-state index contributed by atoms with van der Waals surface area (Å²) in [6, 6.07) is 4.41. The maximum absolute atomic E-state index is 13.4. The fourth-order valence-corrected chi connectivity index (χ4v) is 1.97. The van der Waals surface area contributed by atoms with Gasteiger partial charge in [-0.3, -0.25) is 4.79 Å². The third kappa shape index (κ3) is 1.50. The average molecular weight is 193 g/mol. The predicted molar refractivity (Wildman–Crippen MR) is 52.4 cm³/mol. The van der Waals surface area contributed by atoms with Crippen LogP contribution in [0.1, 0.15) is 30.7 Å². The second-order valence-electron chi connectivity index (χ2n) is 3.69. The molecular formula is C11H12FNO. The monoisotopic (exact) mass is 193 g/mol. The molecule has 74 valence electrons. The minimum Gasteiger partial charge on any atom is -0.399 e. The van der Waals surface area contributed by atoms with E-state index in [1.54, 1.807) is 6.07 Å². The second-order valence-corrected chi connectivity index (χ2v) is 3.69. The molecule has 0 saturated heterocycles. The Hall–Kier alpha value is -1.38. The molecule has 1 saturated carbocycles. The van der Waals surface area contributed by atoms with Crippen LogP contribution in [-0.2, 0) is 4.79 Å². The van der Waals surface area contributed by atoms with Crippen molar-refractivity contribution in [3.63, 3.8) is 0 Å². The highest BCUT2D eigenvalue weighted by Gasteiger charge is 2.28. The number of ketones is 1.